The van der Waals surface area contributed by atoms with Gasteiger partial charge in [-0.05, 0) is 31.4 Å². The Hall–Kier alpha value is -1.59. The standard InChI is InChI=1S/C17H24N2O3/c20-17(18-11-15-7-4-10-21-15)13-19-9-8-16(12-19)22-14-5-2-1-3-6-14/h1-3,5-6,15-16H,4,7-13H2,(H,18,20)/t15-,16+/m0/s1. The third kappa shape index (κ3) is 4.45. The van der Waals surface area contributed by atoms with Gasteiger partial charge in [0.05, 0.1) is 12.6 Å². The number of carbonyl (C=O) groups excluding carboxylic acids is 1. The zero-order chi connectivity index (χ0) is 15.2. The zero-order valence-electron chi connectivity index (χ0n) is 12.9. The van der Waals surface area contributed by atoms with Crippen LogP contribution in [0.5, 0.6) is 5.75 Å². The Balaban J connectivity index is 1.36. The lowest BCUT2D eigenvalue weighted by Gasteiger charge is -2.17. The number of rotatable bonds is 6. The molecule has 1 aromatic rings. The van der Waals surface area contributed by atoms with E-state index in [4.69, 9.17) is 9.47 Å². The van der Waals surface area contributed by atoms with Crippen molar-refractivity contribution in [2.45, 2.75) is 31.5 Å². The van der Waals surface area contributed by atoms with E-state index < -0.39 is 0 Å². The molecule has 0 aliphatic carbocycles. The first-order chi connectivity index (χ1) is 10.8. The number of nitrogens with one attached hydrogen (secondary N) is 1. The number of nitrogens with zero attached hydrogens (tertiary/aromatic N) is 1. The lowest BCUT2D eigenvalue weighted by atomic mass is 10.2. The molecule has 0 saturated carbocycles. The Kier molecular flexibility index (Phi) is 5.29. The summed E-state index contributed by atoms with van der Waals surface area (Å²) in [5, 5.41) is 2.97. The first-order valence-electron chi connectivity index (χ1n) is 8.12. The predicted octanol–water partition coefficient (Wildman–Crippen LogP) is 1.43. The van der Waals surface area contributed by atoms with Crippen LogP contribution < -0.4 is 10.1 Å². The van der Waals surface area contributed by atoms with Crippen LogP contribution in [0.3, 0.4) is 0 Å². The Morgan fingerprint density at radius 3 is 2.95 bits per heavy atom. The van der Waals surface area contributed by atoms with Crippen LogP contribution in [-0.2, 0) is 9.53 Å². The van der Waals surface area contributed by atoms with Crippen LogP contribution in [0.4, 0.5) is 0 Å². The molecule has 1 aromatic carbocycles. The van der Waals surface area contributed by atoms with Gasteiger partial charge in [0.25, 0.3) is 0 Å². The Morgan fingerprint density at radius 1 is 1.32 bits per heavy atom. The largest absolute Gasteiger partial charge is 0.489 e. The fourth-order valence-electron chi connectivity index (χ4n) is 3.02. The highest BCUT2D eigenvalue weighted by molar-refractivity contribution is 5.78. The van der Waals surface area contributed by atoms with Gasteiger partial charge in [0.15, 0.2) is 0 Å². The number of likely N-dealkylation sites (tertiary alicyclic amines) is 1. The van der Waals surface area contributed by atoms with Gasteiger partial charge >= 0.3 is 0 Å². The third-order valence-electron chi connectivity index (χ3n) is 4.19. The van der Waals surface area contributed by atoms with Crippen molar-refractivity contribution < 1.29 is 14.3 Å². The van der Waals surface area contributed by atoms with Gasteiger partial charge < -0.3 is 14.8 Å². The Labute approximate surface area is 131 Å². The normalized spacial score (nSPS) is 25.3. The van der Waals surface area contributed by atoms with E-state index in [1.165, 1.54) is 0 Å². The summed E-state index contributed by atoms with van der Waals surface area (Å²) in [5.74, 6) is 0.980. The number of amides is 1. The van der Waals surface area contributed by atoms with Crippen molar-refractivity contribution >= 4 is 5.91 Å². The van der Waals surface area contributed by atoms with Gasteiger partial charge in [0, 0.05) is 26.2 Å². The van der Waals surface area contributed by atoms with Crippen LogP contribution in [-0.4, -0.2) is 55.8 Å². The summed E-state index contributed by atoms with van der Waals surface area (Å²) in [6, 6.07) is 9.86. The van der Waals surface area contributed by atoms with Gasteiger partial charge in [-0.15, -0.1) is 0 Å². The van der Waals surface area contributed by atoms with Crippen LogP contribution in [0.15, 0.2) is 30.3 Å². The van der Waals surface area contributed by atoms with E-state index in [1.54, 1.807) is 0 Å². The van der Waals surface area contributed by atoms with Gasteiger partial charge in [0.2, 0.25) is 5.91 Å². The number of ether oxygens (including phenoxy) is 2. The quantitative estimate of drug-likeness (QED) is 0.864. The molecule has 1 N–H and O–H groups in total. The number of benzene rings is 1. The van der Waals surface area contributed by atoms with Gasteiger partial charge in [-0.2, -0.15) is 0 Å². The van der Waals surface area contributed by atoms with Gasteiger partial charge in [0.1, 0.15) is 11.9 Å². The van der Waals surface area contributed by atoms with Crippen molar-refractivity contribution in [1.29, 1.82) is 0 Å². The molecule has 3 rings (SSSR count). The van der Waals surface area contributed by atoms with E-state index >= 15 is 0 Å². The van der Waals surface area contributed by atoms with Crippen molar-refractivity contribution in [2.75, 3.05) is 32.8 Å². The van der Waals surface area contributed by atoms with Crippen LogP contribution in [0.2, 0.25) is 0 Å². The maximum Gasteiger partial charge on any atom is 0.234 e. The fourth-order valence-corrected chi connectivity index (χ4v) is 3.02. The van der Waals surface area contributed by atoms with E-state index in [9.17, 15) is 4.79 Å². The average molecular weight is 304 g/mol. The Morgan fingerprint density at radius 2 is 2.18 bits per heavy atom. The smallest absolute Gasteiger partial charge is 0.234 e. The topological polar surface area (TPSA) is 50.8 Å². The molecule has 5 heteroatoms. The van der Waals surface area contributed by atoms with E-state index in [0.29, 0.717) is 13.1 Å². The summed E-state index contributed by atoms with van der Waals surface area (Å²) in [4.78, 5) is 14.1. The molecule has 2 saturated heterocycles. The molecule has 0 bridgehead atoms. The molecule has 0 unspecified atom stereocenters. The lowest BCUT2D eigenvalue weighted by Crippen LogP contribution is -2.39. The van der Waals surface area contributed by atoms with Crippen molar-refractivity contribution in [1.82, 2.24) is 10.2 Å². The number of para-hydroxylation sites is 1. The first kappa shape index (κ1) is 15.3. The molecule has 1 amide bonds. The molecule has 0 radical (unpaired) electrons. The predicted molar refractivity (Wildman–Crippen MR) is 83.9 cm³/mol. The molecular weight excluding hydrogens is 280 g/mol. The molecule has 120 valence electrons. The summed E-state index contributed by atoms with van der Waals surface area (Å²) >= 11 is 0. The maximum atomic E-state index is 12.0. The molecule has 22 heavy (non-hydrogen) atoms. The molecule has 0 aromatic heterocycles. The van der Waals surface area contributed by atoms with Crippen molar-refractivity contribution in [3.05, 3.63) is 30.3 Å². The highest BCUT2D eigenvalue weighted by Gasteiger charge is 2.25. The van der Waals surface area contributed by atoms with Gasteiger partial charge in [-0.25, -0.2) is 0 Å². The van der Waals surface area contributed by atoms with Crippen LogP contribution in [0.25, 0.3) is 0 Å². The summed E-state index contributed by atoms with van der Waals surface area (Å²) in [6.45, 7) is 3.62. The summed E-state index contributed by atoms with van der Waals surface area (Å²) in [7, 11) is 0. The minimum atomic E-state index is 0.0795. The molecule has 2 atom stereocenters. The third-order valence-corrected chi connectivity index (χ3v) is 4.19. The Bertz CT molecular complexity index is 474. The molecule has 2 aliphatic rings. The van der Waals surface area contributed by atoms with E-state index in [2.05, 4.69) is 10.2 Å². The minimum absolute atomic E-state index is 0.0795. The first-order valence-corrected chi connectivity index (χ1v) is 8.12. The second kappa shape index (κ2) is 7.61. The SMILES string of the molecule is O=C(CN1CC[C@@H](Oc2ccccc2)C1)NC[C@@H]1CCCO1. The molecule has 2 fully saturated rings. The average Bonchev–Trinajstić information content (AvgIpc) is 3.18. The minimum Gasteiger partial charge on any atom is -0.489 e. The van der Waals surface area contributed by atoms with Crippen molar-refractivity contribution in [3.8, 4) is 5.75 Å². The summed E-state index contributed by atoms with van der Waals surface area (Å²) in [6.07, 6.45) is 3.50. The molecule has 2 aliphatic heterocycles. The van der Waals surface area contributed by atoms with E-state index in [-0.39, 0.29) is 18.1 Å². The fraction of sp³-hybridized carbons (Fsp3) is 0.588. The van der Waals surface area contributed by atoms with E-state index in [0.717, 1.165) is 44.7 Å². The van der Waals surface area contributed by atoms with Crippen molar-refractivity contribution in [3.63, 3.8) is 0 Å². The van der Waals surface area contributed by atoms with E-state index in [1.807, 2.05) is 30.3 Å². The summed E-state index contributed by atoms with van der Waals surface area (Å²) < 4.78 is 11.4. The van der Waals surface area contributed by atoms with Crippen LogP contribution in [0.1, 0.15) is 19.3 Å². The number of hydrogen-bond donors (Lipinski definition) is 1. The molecular formula is C17H24N2O3. The molecule has 2 heterocycles. The lowest BCUT2D eigenvalue weighted by molar-refractivity contribution is -0.122. The highest BCUT2D eigenvalue weighted by atomic mass is 16.5. The molecule has 0 spiro atoms. The van der Waals surface area contributed by atoms with Gasteiger partial charge in [-0.3, -0.25) is 9.69 Å². The van der Waals surface area contributed by atoms with Crippen molar-refractivity contribution in [2.24, 2.45) is 0 Å². The summed E-state index contributed by atoms with van der Waals surface area (Å²) in [5.41, 5.74) is 0. The monoisotopic (exact) mass is 304 g/mol. The second-order valence-electron chi connectivity index (χ2n) is 6.02. The van der Waals surface area contributed by atoms with Crippen LogP contribution in [0, 0.1) is 0 Å². The second-order valence-corrected chi connectivity index (χ2v) is 6.02. The van der Waals surface area contributed by atoms with Gasteiger partial charge in [-0.1, -0.05) is 18.2 Å². The van der Waals surface area contributed by atoms with Crippen LogP contribution >= 0.6 is 0 Å². The highest BCUT2D eigenvalue weighted by Crippen LogP contribution is 2.17. The number of carbonyl (C=O) groups is 1. The number of hydrogen-bond acceptors (Lipinski definition) is 4. The zero-order valence-corrected chi connectivity index (χ0v) is 12.9. The maximum absolute atomic E-state index is 12.0. The molecule has 5 nitrogen and oxygen atoms in total.